The van der Waals surface area contributed by atoms with Gasteiger partial charge in [-0.25, -0.2) is 0 Å². The molecule has 0 heterocycles. The molecule has 4 nitrogen and oxygen atoms in total. The van der Waals surface area contributed by atoms with Gasteiger partial charge < -0.3 is 10.4 Å². The number of carbonyl (C=O) groups excluding carboxylic acids is 2. The highest BCUT2D eigenvalue weighted by Crippen LogP contribution is 2.31. The fraction of sp³-hybridized carbons (Fsp3) is 0. The first-order valence-electron chi connectivity index (χ1n) is 6.23. The highest BCUT2D eigenvalue weighted by molar-refractivity contribution is 6.50. The number of phenols is 1. The summed E-state index contributed by atoms with van der Waals surface area (Å²) in [6.45, 7) is 0. The number of hydrogen-bond acceptors (Lipinski definition) is 4. The summed E-state index contributed by atoms with van der Waals surface area (Å²) in [5.74, 6) is -0.822. The van der Waals surface area contributed by atoms with Crippen LogP contribution in [0.4, 0.5) is 5.69 Å². The number of fused-ring (bicyclic) bond motifs is 1. The lowest BCUT2D eigenvalue weighted by molar-refractivity contribution is 0.0982. The summed E-state index contributed by atoms with van der Waals surface area (Å²) in [6, 6.07) is 12.9. The van der Waals surface area contributed by atoms with E-state index in [1.807, 2.05) is 0 Å². The van der Waals surface area contributed by atoms with Gasteiger partial charge in [0.15, 0.2) is 0 Å². The van der Waals surface area contributed by atoms with Crippen molar-refractivity contribution in [1.82, 2.24) is 0 Å². The fourth-order valence-electron chi connectivity index (χ4n) is 2.17. The minimum atomic E-state index is -0.412. The average molecular weight is 300 g/mol. The van der Waals surface area contributed by atoms with E-state index in [1.165, 1.54) is 6.07 Å². The van der Waals surface area contributed by atoms with E-state index in [1.54, 1.807) is 42.5 Å². The predicted octanol–water partition coefficient (Wildman–Crippen LogP) is 3.33. The molecule has 5 heteroatoms. The molecular weight excluding hydrogens is 290 g/mol. The van der Waals surface area contributed by atoms with Gasteiger partial charge in [0.1, 0.15) is 16.5 Å². The van der Waals surface area contributed by atoms with Crippen LogP contribution in [-0.2, 0) is 0 Å². The summed E-state index contributed by atoms with van der Waals surface area (Å²) in [7, 11) is 0. The zero-order valence-corrected chi connectivity index (χ0v) is 11.5. The van der Waals surface area contributed by atoms with Gasteiger partial charge >= 0.3 is 0 Å². The summed E-state index contributed by atoms with van der Waals surface area (Å²) < 4.78 is 0. The van der Waals surface area contributed by atoms with Gasteiger partial charge in [0.05, 0.1) is 5.69 Å². The van der Waals surface area contributed by atoms with Crippen LogP contribution in [0.15, 0.2) is 59.3 Å². The smallest absolute Gasteiger partial charge is 0.211 e. The SMILES string of the molecule is O=C1C(Cl)=C(Nc2ccccc2O)C(=O)c2ccccc21. The molecule has 0 aliphatic heterocycles. The molecule has 0 spiro atoms. The number of para-hydroxylation sites is 2. The van der Waals surface area contributed by atoms with E-state index in [4.69, 9.17) is 11.6 Å². The predicted molar refractivity (Wildman–Crippen MR) is 79.7 cm³/mol. The summed E-state index contributed by atoms with van der Waals surface area (Å²) in [4.78, 5) is 24.7. The molecule has 0 unspecified atom stereocenters. The van der Waals surface area contributed by atoms with E-state index >= 15 is 0 Å². The summed E-state index contributed by atoms with van der Waals surface area (Å²) >= 11 is 6.02. The van der Waals surface area contributed by atoms with E-state index in [9.17, 15) is 14.7 Å². The van der Waals surface area contributed by atoms with Crippen LogP contribution in [0.2, 0.25) is 0 Å². The molecule has 2 N–H and O–H groups in total. The Labute approximate surface area is 125 Å². The Morgan fingerprint density at radius 2 is 1.43 bits per heavy atom. The van der Waals surface area contributed by atoms with Crippen LogP contribution >= 0.6 is 11.6 Å². The number of phenolic OH excluding ortho intramolecular Hbond substituents is 1. The van der Waals surface area contributed by atoms with E-state index in [0.717, 1.165) is 0 Å². The first kappa shape index (κ1) is 13.4. The molecule has 0 radical (unpaired) electrons. The normalized spacial score (nSPS) is 14.1. The van der Waals surface area contributed by atoms with Gasteiger partial charge in [-0.2, -0.15) is 0 Å². The molecule has 0 bridgehead atoms. The van der Waals surface area contributed by atoms with Gasteiger partial charge in [-0.3, -0.25) is 9.59 Å². The van der Waals surface area contributed by atoms with Crippen molar-refractivity contribution in [2.45, 2.75) is 0 Å². The van der Waals surface area contributed by atoms with Crippen LogP contribution in [0.3, 0.4) is 0 Å². The molecule has 2 aromatic rings. The molecule has 0 amide bonds. The Bertz CT molecular complexity index is 796. The van der Waals surface area contributed by atoms with Crippen LogP contribution in [0, 0.1) is 0 Å². The Morgan fingerprint density at radius 3 is 2.10 bits per heavy atom. The van der Waals surface area contributed by atoms with Crippen LogP contribution < -0.4 is 5.32 Å². The molecule has 0 atom stereocenters. The molecule has 3 rings (SSSR count). The lowest BCUT2D eigenvalue weighted by atomic mass is 9.92. The Kier molecular flexibility index (Phi) is 3.23. The number of aromatic hydroxyl groups is 1. The lowest BCUT2D eigenvalue weighted by Crippen LogP contribution is -2.24. The molecular formula is C16H10ClNO3. The Hall–Kier alpha value is -2.59. The fourth-order valence-corrected chi connectivity index (χ4v) is 2.41. The van der Waals surface area contributed by atoms with Crippen LogP contribution in [-0.4, -0.2) is 16.7 Å². The minimum Gasteiger partial charge on any atom is -0.506 e. The van der Waals surface area contributed by atoms with Crippen molar-refractivity contribution in [2.24, 2.45) is 0 Å². The maximum atomic E-state index is 12.4. The van der Waals surface area contributed by atoms with E-state index in [-0.39, 0.29) is 27.8 Å². The molecule has 0 fully saturated rings. The van der Waals surface area contributed by atoms with Gasteiger partial charge in [-0.15, -0.1) is 0 Å². The molecule has 104 valence electrons. The summed E-state index contributed by atoms with van der Waals surface area (Å²) in [6.07, 6.45) is 0. The number of carbonyl (C=O) groups is 2. The first-order valence-corrected chi connectivity index (χ1v) is 6.60. The number of halogens is 1. The zero-order valence-electron chi connectivity index (χ0n) is 10.8. The molecule has 0 saturated carbocycles. The molecule has 21 heavy (non-hydrogen) atoms. The van der Waals surface area contributed by atoms with Gasteiger partial charge in [0, 0.05) is 11.1 Å². The van der Waals surface area contributed by atoms with Crippen molar-refractivity contribution >= 4 is 28.9 Å². The third-order valence-corrected chi connectivity index (χ3v) is 3.59. The molecule has 2 aromatic carbocycles. The van der Waals surface area contributed by atoms with Crippen LogP contribution in [0.5, 0.6) is 5.75 Å². The maximum absolute atomic E-state index is 12.4. The number of hydrogen-bond donors (Lipinski definition) is 2. The number of allylic oxidation sites excluding steroid dienone is 2. The van der Waals surface area contributed by atoms with Crippen molar-refractivity contribution in [2.75, 3.05) is 5.32 Å². The number of benzene rings is 2. The third kappa shape index (κ3) is 2.19. The summed E-state index contributed by atoms with van der Waals surface area (Å²) in [5.41, 5.74) is 0.869. The highest BCUT2D eigenvalue weighted by atomic mass is 35.5. The largest absolute Gasteiger partial charge is 0.506 e. The van der Waals surface area contributed by atoms with Crippen molar-refractivity contribution in [3.8, 4) is 5.75 Å². The van der Waals surface area contributed by atoms with Crippen molar-refractivity contribution in [1.29, 1.82) is 0 Å². The van der Waals surface area contributed by atoms with Gasteiger partial charge in [-0.05, 0) is 12.1 Å². The third-order valence-electron chi connectivity index (χ3n) is 3.23. The van der Waals surface area contributed by atoms with E-state index in [2.05, 4.69) is 5.32 Å². The lowest BCUT2D eigenvalue weighted by Gasteiger charge is -2.19. The number of nitrogens with one attached hydrogen (secondary N) is 1. The van der Waals surface area contributed by atoms with E-state index < -0.39 is 5.78 Å². The second-order valence-electron chi connectivity index (χ2n) is 4.53. The molecule has 0 aromatic heterocycles. The van der Waals surface area contributed by atoms with Crippen molar-refractivity contribution in [3.63, 3.8) is 0 Å². The second-order valence-corrected chi connectivity index (χ2v) is 4.91. The second kappa shape index (κ2) is 5.07. The first-order chi connectivity index (χ1) is 10.1. The Balaban J connectivity index is 2.07. The van der Waals surface area contributed by atoms with Gasteiger partial charge in [0.2, 0.25) is 11.6 Å². The number of anilines is 1. The minimum absolute atomic E-state index is 0.0260. The molecule has 0 saturated heterocycles. The number of ketones is 2. The average Bonchev–Trinajstić information content (AvgIpc) is 2.51. The standard InChI is InChI=1S/C16H10ClNO3/c17-13-14(18-11-7-3-4-8-12(11)19)16(21)10-6-2-1-5-9(10)15(13)20/h1-8,18-19H. The zero-order chi connectivity index (χ0) is 15.0. The van der Waals surface area contributed by atoms with Crippen molar-refractivity contribution in [3.05, 3.63) is 70.4 Å². The molecule has 1 aliphatic rings. The van der Waals surface area contributed by atoms with Crippen LogP contribution in [0.25, 0.3) is 0 Å². The number of rotatable bonds is 2. The number of Topliss-reactive ketones (excluding diaryl/α,β-unsaturated/α-hetero) is 2. The topological polar surface area (TPSA) is 66.4 Å². The Morgan fingerprint density at radius 1 is 0.857 bits per heavy atom. The monoisotopic (exact) mass is 299 g/mol. The summed E-state index contributed by atoms with van der Waals surface area (Å²) in [5, 5.41) is 12.3. The van der Waals surface area contributed by atoms with E-state index in [0.29, 0.717) is 11.3 Å². The highest BCUT2D eigenvalue weighted by Gasteiger charge is 2.31. The van der Waals surface area contributed by atoms with Crippen LogP contribution in [0.1, 0.15) is 20.7 Å². The maximum Gasteiger partial charge on any atom is 0.211 e. The van der Waals surface area contributed by atoms with Gasteiger partial charge in [0.25, 0.3) is 0 Å². The van der Waals surface area contributed by atoms with Crippen molar-refractivity contribution < 1.29 is 14.7 Å². The quantitative estimate of drug-likeness (QED) is 0.835. The van der Waals surface area contributed by atoms with Gasteiger partial charge in [-0.1, -0.05) is 48.0 Å². The molecule has 1 aliphatic carbocycles.